The van der Waals surface area contributed by atoms with Gasteiger partial charge in [-0.3, -0.25) is 9.59 Å². The molecule has 1 amide bonds. The maximum Gasteiger partial charge on any atom is 0.307 e. The van der Waals surface area contributed by atoms with Crippen molar-refractivity contribution in [1.29, 1.82) is 0 Å². The average molecular weight is 243 g/mol. The van der Waals surface area contributed by atoms with Gasteiger partial charge in [-0.1, -0.05) is 24.3 Å². The van der Waals surface area contributed by atoms with Crippen molar-refractivity contribution in [1.82, 2.24) is 0 Å². The monoisotopic (exact) mass is 243 g/mol. The van der Waals surface area contributed by atoms with Crippen molar-refractivity contribution < 1.29 is 14.7 Å². The summed E-state index contributed by atoms with van der Waals surface area (Å²) in [6.07, 6.45) is -0.0235. The van der Waals surface area contributed by atoms with Crippen molar-refractivity contribution in [2.75, 3.05) is 5.32 Å². The zero-order chi connectivity index (χ0) is 13.1. The highest BCUT2D eigenvalue weighted by atomic mass is 16.4. The lowest BCUT2D eigenvalue weighted by Gasteiger charge is -2.08. The van der Waals surface area contributed by atoms with Crippen LogP contribution in [0.1, 0.15) is 12.5 Å². The van der Waals surface area contributed by atoms with Gasteiger partial charge in [0.2, 0.25) is 5.91 Å². The van der Waals surface area contributed by atoms with Gasteiger partial charge in [0.25, 0.3) is 0 Å². The first-order valence-electron chi connectivity index (χ1n) is 5.57. The van der Waals surface area contributed by atoms with Crippen LogP contribution in [-0.2, 0) is 16.0 Å². The van der Waals surface area contributed by atoms with E-state index >= 15 is 0 Å². The molecule has 0 unspecified atom stereocenters. The Hall–Kier alpha value is -2.36. The van der Waals surface area contributed by atoms with Crippen LogP contribution in [0.5, 0.6) is 0 Å². The number of aliphatic carboxylic acids is 1. The number of rotatable bonds is 3. The number of carbonyl (C=O) groups is 2. The number of fused-ring (bicyclic) bond motifs is 1. The van der Waals surface area contributed by atoms with Gasteiger partial charge in [0.15, 0.2) is 0 Å². The Kier molecular flexibility index (Phi) is 3.28. The minimum atomic E-state index is -0.869. The summed E-state index contributed by atoms with van der Waals surface area (Å²) >= 11 is 0. The maximum atomic E-state index is 11.1. The molecule has 2 aromatic carbocycles. The fourth-order valence-electron chi connectivity index (χ4n) is 1.90. The summed E-state index contributed by atoms with van der Waals surface area (Å²) in [4.78, 5) is 21.8. The molecule has 0 aliphatic rings. The van der Waals surface area contributed by atoms with Gasteiger partial charge in [0, 0.05) is 18.0 Å². The molecule has 0 atom stereocenters. The van der Waals surface area contributed by atoms with Gasteiger partial charge in [-0.2, -0.15) is 0 Å². The average Bonchev–Trinajstić information content (AvgIpc) is 2.28. The van der Waals surface area contributed by atoms with E-state index in [4.69, 9.17) is 5.11 Å². The maximum absolute atomic E-state index is 11.1. The molecule has 18 heavy (non-hydrogen) atoms. The first kappa shape index (κ1) is 12.1. The van der Waals surface area contributed by atoms with Crippen LogP contribution in [0.15, 0.2) is 36.4 Å². The molecule has 2 rings (SSSR count). The Morgan fingerprint density at radius 2 is 2.00 bits per heavy atom. The normalized spacial score (nSPS) is 10.3. The number of nitrogens with one attached hydrogen (secondary N) is 1. The van der Waals surface area contributed by atoms with Crippen molar-refractivity contribution in [3.8, 4) is 0 Å². The smallest absolute Gasteiger partial charge is 0.307 e. The summed E-state index contributed by atoms with van der Waals surface area (Å²) in [6.45, 7) is 1.44. The lowest BCUT2D eigenvalue weighted by atomic mass is 10.0. The largest absolute Gasteiger partial charge is 0.481 e. The molecule has 0 heterocycles. The molecule has 0 saturated heterocycles. The van der Waals surface area contributed by atoms with Crippen LogP contribution in [0.4, 0.5) is 5.69 Å². The molecule has 2 N–H and O–H groups in total. The molecule has 0 saturated carbocycles. The van der Waals surface area contributed by atoms with Gasteiger partial charge >= 0.3 is 5.97 Å². The van der Waals surface area contributed by atoms with Crippen LogP contribution in [-0.4, -0.2) is 17.0 Å². The van der Waals surface area contributed by atoms with Crippen LogP contribution in [0, 0.1) is 0 Å². The van der Waals surface area contributed by atoms with E-state index in [0.717, 1.165) is 10.8 Å². The molecule has 4 heteroatoms. The topological polar surface area (TPSA) is 66.4 Å². The molecule has 0 spiro atoms. The highest BCUT2D eigenvalue weighted by molar-refractivity contribution is 6.01. The van der Waals surface area contributed by atoms with Gasteiger partial charge in [-0.05, 0) is 23.1 Å². The number of amides is 1. The molecule has 0 aliphatic carbocycles. The highest BCUT2D eigenvalue weighted by Gasteiger charge is 2.05. The van der Waals surface area contributed by atoms with Crippen LogP contribution in [0.3, 0.4) is 0 Å². The van der Waals surface area contributed by atoms with Gasteiger partial charge in [-0.25, -0.2) is 0 Å². The molecule has 0 bridgehead atoms. The standard InChI is InChI=1S/C14H13NO3/c1-9(16)15-13-4-2-3-11-6-5-10(7-12(11)13)8-14(17)18/h2-7H,8H2,1H3,(H,15,16)(H,17,18). The Labute approximate surface area is 104 Å². The predicted octanol–water partition coefficient (Wildman–Crippen LogP) is 2.43. The summed E-state index contributed by atoms with van der Waals surface area (Å²) < 4.78 is 0. The van der Waals surface area contributed by atoms with E-state index in [1.165, 1.54) is 6.92 Å². The van der Waals surface area contributed by atoms with Gasteiger partial charge in [0.05, 0.1) is 6.42 Å². The summed E-state index contributed by atoms with van der Waals surface area (Å²) in [5.41, 5.74) is 1.42. The Morgan fingerprint density at radius 3 is 2.67 bits per heavy atom. The van der Waals surface area contributed by atoms with Gasteiger partial charge < -0.3 is 10.4 Å². The molecule has 0 aromatic heterocycles. The van der Waals surface area contributed by atoms with Crippen molar-refractivity contribution >= 4 is 28.3 Å². The van der Waals surface area contributed by atoms with Crippen LogP contribution in [0.2, 0.25) is 0 Å². The fourth-order valence-corrected chi connectivity index (χ4v) is 1.90. The SMILES string of the molecule is CC(=O)Nc1cccc2ccc(CC(=O)O)cc12. The summed E-state index contributed by atoms with van der Waals surface area (Å²) in [6, 6.07) is 11.0. The van der Waals surface area contributed by atoms with Gasteiger partial charge in [-0.15, -0.1) is 0 Å². The van der Waals surface area contributed by atoms with E-state index in [1.807, 2.05) is 18.2 Å². The van der Waals surface area contributed by atoms with E-state index in [0.29, 0.717) is 11.3 Å². The van der Waals surface area contributed by atoms with Crippen molar-refractivity contribution in [3.05, 3.63) is 42.0 Å². The summed E-state index contributed by atoms with van der Waals surface area (Å²) in [5.74, 6) is -1.02. The van der Waals surface area contributed by atoms with E-state index in [2.05, 4.69) is 5.32 Å². The van der Waals surface area contributed by atoms with Crippen LogP contribution < -0.4 is 5.32 Å². The summed E-state index contributed by atoms with van der Waals surface area (Å²) in [5, 5.41) is 13.3. The second kappa shape index (κ2) is 4.87. The third-order valence-electron chi connectivity index (χ3n) is 2.61. The van der Waals surface area contributed by atoms with Crippen molar-refractivity contribution in [3.63, 3.8) is 0 Å². The molecule has 0 aliphatic heterocycles. The Morgan fingerprint density at radius 1 is 1.22 bits per heavy atom. The Bertz CT molecular complexity index is 619. The fraction of sp³-hybridized carbons (Fsp3) is 0.143. The quantitative estimate of drug-likeness (QED) is 0.870. The highest BCUT2D eigenvalue weighted by Crippen LogP contribution is 2.24. The second-order valence-electron chi connectivity index (χ2n) is 4.11. The zero-order valence-corrected chi connectivity index (χ0v) is 9.93. The third kappa shape index (κ3) is 2.66. The molecule has 2 aromatic rings. The number of hydrogen-bond acceptors (Lipinski definition) is 2. The first-order valence-corrected chi connectivity index (χ1v) is 5.57. The van der Waals surface area contributed by atoms with Crippen LogP contribution >= 0.6 is 0 Å². The molecule has 92 valence electrons. The van der Waals surface area contributed by atoms with Crippen molar-refractivity contribution in [2.24, 2.45) is 0 Å². The van der Waals surface area contributed by atoms with Gasteiger partial charge in [0.1, 0.15) is 0 Å². The molecular weight excluding hydrogens is 230 g/mol. The van der Waals surface area contributed by atoms with E-state index < -0.39 is 5.97 Å². The van der Waals surface area contributed by atoms with E-state index in [-0.39, 0.29) is 12.3 Å². The Balaban J connectivity index is 2.51. The lowest BCUT2D eigenvalue weighted by molar-refractivity contribution is -0.136. The molecular formula is C14H13NO3. The third-order valence-corrected chi connectivity index (χ3v) is 2.61. The minimum Gasteiger partial charge on any atom is -0.481 e. The number of hydrogen-bond donors (Lipinski definition) is 2. The first-order chi connectivity index (χ1) is 8.56. The number of benzene rings is 2. The number of carbonyl (C=O) groups excluding carboxylic acids is 1. The van der Waals surface area contributed by atoms with E-state index in [9.17, 15) is 9.59 Å². The number of carboxylic acids is 1. The van der Waals surface area contributed by atoms with E-state index in [1.54, 1.807) is 18.2 Å². The predicted molar refractivity (Wildman–Crippen MR) is 69.6 cm³/mol. The molecule has 0 fully saturated rings. The number of carboxylic acid groups (broad SMARTS) is 1. The van der Waals surface area contributed by atoms with Crippen LogP contribution in [0.25, 0.3) is 10.8 Å². The zero-order valence-electron chi connectivity index (χ0n) is 9.93. The molecule has 4 nitrogen and oxygen atoms in total. The van der Waals surface area contributed by atoms with Crippen molar-refractivity contribution in [2.45, 2.75) is 13.3 Å². The summed E-state index contributed by atoms with van der Waals surface area (Å²) in [7, 11) is 0. The second-order valence-corrected chi connectivity index (χ2v) is 4.11. The number of anilines is 1. The minimum absolute atomic E-state index is 0.0235. The lowest BCUT2D eigenvalue weighted by Crippen LogP contribution is -2.06. The molecule has 0 radical (unpaired) electrons.